The Morgan fingerprint density at radius 3 is 2.78 bits per heavy atom. The zero-order valence-electron chi connectivity index (χ0n) is 11.3. The Bertz CT molecular complexity index is 376. The smallest absolute Gasteiger partial charge is 0.221 e. The minimum absolute atomic E-state index is 0.0788. The van der Waals surface area contributed by atoms with E-state index in [9.17, 15) is 0 Å². The first kappa shape index (κ1) is 15.0. The molecule has 102 valence electrons. The van der Waals surface area contributed by atoms with Crippen molar-refractivity contribution in [1.29, 1.82) is 0 Å². The number of aromatic nitrogens is 2. The molecule has 0 saturated carbocycles. The van der Waals surface area contributed by atoms with Crippen LogP contribution >= 0.6 is 11.6 Å². The fourth-order valence-electron chi connectivity index (χ4n) is 1.71. The fraction of sp³-hybridized carbons (Fsp3) is 0.667. The van der Waals surface area contributed by atoms with Crippen molar-refractivity contribution in [2.24, 2.45) is 0 Å². The number of nitrogens with zero attached hydrogens (tertiary/aromatic N) is 3. The lowest BCUT2D eigenvalue weighted by atomic mass is 10.3. The predicted molar refractivity (Wildman–Crippen MR) is 72.7 cm³/mol. The maximum atomic E-state index is 6.14. The van der Waals surface area contributed by atoms with Crippen LogP contribution in [0.25, 0.3) is 0 Å². The molecular formula is C12H20ClN3O2. The van der Waals surface area contributed by atoms with Crippen LogP contribution < -0.4 is 9.64 Å². The van der Waals surface area contributed by atoms with Gasteiger partial charge in [-0.1, -0.05) is 0 Å². The van der Waals surface area contributed by atoms with Gasteiger partial charge in [0.15, 0.2) is 0 Å². The molecule has 0 spiro atoms. The van der Waals surface area contributed by atoms with E-state index in [2.05, 4.69) is 9.97 Å². The van der Waals surface area contributed by atoms with Gasteiger partial charge in [0.1, 0.15) is 12.1 Å². The summed E-state index contributed by atoms with van der Waals surface area (Å²) in [6, 6.07) is 0. The van der Waals surface area contributed by atoms with Crippen LogP contribution in [0.4, 0.5) is 5.82 Å². The maximum absolute atomic E-state index is 6.14. The quantitative estimate of drug-likeness (QED) is 0.710. The fourth-order valence-corrected chi connectivity index (χ4v) is 2.04. The van der Waals surface area contributed by atoms with E-state index in [-0.39, 0.29) is 5.38 Å². The van der Waals surface area contributed by atoms with Crippen molar-refractivity contribution < 1.29 is 9.47 Å². The number of methoxy groups -OCH3 is 1. The lowest BCUT2D eigenvalue weighted by Crippen LogP contribution is -2.29. The third-order valence-electron chi connectivity index (χ3n) is 2.47. The minimum atomic E-state index is -0.0788. The van der Waals surface area contributed by atoms with Crippen molar-refractivity contribution in [3.63, 3.8) is 0 Å². The second-order valence-corrected chi connectivity index (χ2v) is 4.61. The Hall–Kier alpha value is -1.07. The summed E-state index contributed by atoms with van der Waals surface area (Å²) >= 11 is 6.14. The van der Waals surface area contributed by atoms with Crippen LogP contribution in [0.5, 0.6) is 5.88 Å². The Morgan fingerprint density at radius 2 is 2.17 bits per heavy atom. The zero-order chi connectivity index (χ0) is 13.5. The normalized spacial score (nSPS) is 12.3. The van der Waals surface area contributed by atoms with Crippen molar-refractivity contribution in [1.82, 2.24) is 9.97 Å². The largest absolute Gasteiger partial charge is 0.478 e. The summed E-state index contributed by atoms with van der Waals surface area (Å²) in [4.78, 5) is 10.4. The number of alkyl halides is 1. The highest BCUT2D eigenvalue weighted by Gasteiger charge is 2.15. The van der Waals surface area contributed by atoms with E-state index in [1.54, 1.807) is 7.11 Å². The van der Waals surface area contributed by atoms with Gasteiger partial charge >= 0.3 is 0 Å². The third-order valence-corrected chi connectivity index (χ3v) is 2.74. The Kier molecular flexibility index (Phi) is 6.15. The van der Waals surface area contributed by atoms with Gasteiger partial charge in [0, 0.05) is 20.7 Å². The summed E-state index contributed by atoms with van der Waals surface area (Å²) in [5.41, 5.74) is 0.920. The number of hydrogen-bond donors (Lipinski definition) is 0. The molecule has 1 unspecified atom stereocenters. The first-order valence-corrected chi connectivity index (χ1v) is 6.32. The minimum Gasteiger partial charge on any atom is -0.478 e. The van der Waals surface area contributed by atoms with Crippen LogP contribution in [-0.4, -0.2) is 49.3 Å². The third kappa shape index (κ3) is 3.99. The van der Waals surface area contributed by atoms with Gasteiger partial charge in [0.2, 0.25) is 5.88 Å². The first-order chi connectivity index (χ1) is 8.60. The van der Waals surface area contributed by atoms with E-state index < -0.39 is 0 Å². The van der Waals surface area contributed by atoms with Crippen LogP contribution in [0.2, 0.25) is 0 Å². The molecule has 0 N–H and O–H groups in total. The van der Waals surface area contributed by atoms with Crippen molar-refractivity contribution in [3.05, 3.63) is 11.9 Å². The summed E-state index contributed by atoms with van der Waals surface area (Å²) in [5.74, 6) is 1.45. The lowest BCUT2D eigenvalue weighted by molar-refractivity contribution is 0.199. The van der Waals surface area contributed by atoms with Gasteiger partial charge in [-0.05, 0) is 13.8 Å². The molecule has 0 aliphatic rings. The SMILES string of the molecule is CCOc1ncnc(N(C)CC(Cl)COC)c1C. The van der Waals surface area contributed by atoms with Crippen molar-refractivity contribution >= 4 is 17.4 Å². The van der Waals surface area contributed by atoms with Gasteiger partial charge in [-0.3, -0.25) is 0 Å². The molecule has 1 atom stereocenters. The summed E-state index contributed by atoms with van der Waals surface area (Å²) in [6.07, 6.45) is 1.50. The molecule has 0 aromatic carbocycles. The predicted octanol–water partition coefficient (Wildman–Crippen LogP) is 1.87. The topological polar surface area (TPSA) is 47.5 Å². The standard InChI is InChI=1S/C12H20ClN3O2/c1-5-18-12-9(2)11(14-8-15-12)16(3)6-10(13)7-17-4/h8,10H,5-7H2,1-4H3. The molecule has 0 amide bonds. The van der Waals surface area contributed by atoms with Gasteiger partial charge in [0.25, 0.3) is 0 Å². The van der Waals surface area contributed by atoms with Gasteiger partial charge in [-0.15, -0.1) is 11.6 Å². The molecule has 0 radical (unpaired) electrons. The van der Waals surface area contributed by atoms with Crippen LogP contribution in [0.15, 0.2) is 6.33 Å². The lowest BCUT2D eigenvalue weighted by Gasteiger charge is -2.23. The molecule has 5 nitrogen and oxygen atoms in total. The molecule has 0 bridgehead atoms. The second-order valence-electron chi connectivity index (χ2n) is 3.99. The number of ether oxygens (including phenoxy) is 2. The van der Waals surface area contributed by atoms with Crippen molar-refractivity contribution in [2.45, 2.75) is 19.2 Å². The molecule has 0 aliphatic heterocycles. The van der Waals surface area contributed by atoms with E-state index in [0.717, 1.165) is 11.4 Å². The molecule has 1 heterocycles. The monoisotopic (exact) mass is 273 g/mol. The zero-order valence-corrected chi connectivity index (χ0v) is 12.1. The Labute approximate surface area is 113 Å². The highest BCUT2D eigenvalue weighted by atomic mass is 35.5. The molecule has 1 aromatic rings. The van der Waals surface area contributed by atoms with Gasteiger partial charge < -0.3 is 14.4 Å². The maximum Gasteiger partial charge on any atom is 0.221 e. The molecular weight excluding hydrogens is 254 g/mol. The van der Waals surface area contributed by atoms with Crippen LogP contribution in [0, 0.1) is 6.92 Å². The van der Waals surface area contributed by atoms with Crippen LogP contribution in [-0.2, 0) is 4.74 Å². The summed E-state index contributed by atoms with van der Waals surface area (Å²) in [7, 11) is 3.58. The first-order valence-electron chi connectivity index (χ1n) is 5.88. The van der Waals surface area contributed by atoms with E-state index in [1.165, 1.54) is 6.33 Å². The van der Waals surface area contributed by atoms with Gasteiger partial charge in [0.05, 0.1) is 24.2 Å². The average molecular weight is 274 g/mol. The second kappa shape index (κ2) is 7.38. The van der Waals surface area contributed by atoms with Crippen LogP contribution in [0.1, 0.15) is 12.5 Å². The number of halogens is 1. The van der Waals surface area contributed by atoms with E-state index in [1.807, 2.05) is 25.8 Å². The Morgan fingerprint density at radius 1 is 1.44 bits per heavy atom. The number of anilines is 1. The number of hydrogen-bond acceptors (Lipinski definition) is 5. The van der Waals surface area contributed by atoms with Crippen molar-refractivity contribution in [2.75, 3.05) is 38.8 Å². The summed E-state index contributed by atoms with van der Waals surface area (Å²) in [5, 5.41) is -0.0788. The van der Waals surface area contributed by atoms with Crippen molar-refractivity contribution in [3.8, 4) is 5.88 Å². The molecule has 18 heavy (non-hydrogen) atoms. The summed E-state index contributed by atoms with van der Waals surface area (Å²) in [6.45, 7) is 5.62. The average Bonchev–Trinajstić information content (AvgIpc) is 2.32. The molecule has 1 rings (SSSR count). The molecule has 0 fully saturated rings. The van der Waals surface area contributed by atoms with Crippen LogP contribution in [0.3, 0.4) is 0 Å². The molecule has 1 aromatic heterocycles. The number of rotatable bonds is 7. The highest BCUT2D eigenvalue weighted by Crippen LogP contribution is 2.23. The molecule has 0 aliphatic carbocycles. The van der Waals surface area contributed by atoms with E-state index in [4.69, 9.17) is 21.1 Å². The van der Waals surface area contributed by atoms with E-state index >= 15 is 0 Å². The summed E-state index contributed by atoms with van der Waals surface area (Å²) < 4.78 is 10.5. The Balaban J connectivity index is 2.78. The molecule has 0 saturated heterocycles. The van der Waals surface area contributed by atoms with Gasteiger partial charge in [-0.25, -0.2) is 9.97 Å². The van der Waals surface area contributed by atoms with E-state index in [0.29, 0.717) is 25.6 Å². The highest BCUT2D eigenvalue weighted by molar-refractivity contribution is 6.21. The molecule has 6 heteroatoms. The van der Waals surface area contributed by atoms with Gasteiger partial charge in [-0.2, -0.15) is 0 Å².